The summed E-state index contributed by atoms with van der Waals surface area (Å²) in [4.78, 5) is 21.6. The molecule has 5 nitrogen and oxygen atoms in total. The van der Waals surface area contributed by atoms with Gasteiger partial charge < -0.3 is 5.32 Å². The quantitative estimate of drug-likeness (QED) is 0.531. The van der Waals surface area contributed by atoms with Crippen molar-refractivity contribution in [1.29, 1.82) is 0 Å². The Morgan fingerprint density at radius 2 is 2.05 bits per heavy atom. The van der Waals surface area contributed by atoms with Crippen LogP contribution in [0.25, 0.3) is 6.08 Å². The normalized spacial score (nSPS) is 10.6. The molecule has 0 spiro atoms. The van der Waals surface area contributed by atoms with E-state index in [9.17, 15) is 19.3 Å². The molecule has 1 N–H and O–H groups in total. The second-order valence-corrected chi connectivity index (χ2v) is 4.66. The van der Waals surface area contributed by atoms with Crippen molar-refractivity contribution in [2.24, 2.45) is 0 Å². The summed E-state index contributed by atoms with van der Waals surface area (Å²) in [5, 5.41) is 12.9. The van der Waals surface area contributed by atoms with Gasteiger partial charge in [0.05, 0.1) is 16.7 Å². The van der Waals surface area contributed by atoms with E-state index in [-0.39, 0.29) is 11.4 Å². The van der Waals surface area contributed by atoms with Crippen LogP contribution in [-0.4, -0.2) is 10.8 Å². The average Bonchev–Trinajstić information content (AvgIpc) is 2.47. The number of rotatable bonds is 4. The maximum atomic E-state index is 13.6. The lowest BCUT2D eigenvalue weighted by Crippen LogP contribution is -2.09. The predicted octanol–water partition coefficient (Wildman–Crippen LogP) is 3.69. The lowest BCUT2D eigenvalue weighted by Gasteiger charge is -2.03. The van der Waals surface area contributed by atoms with Crippen molar-refractivity contribution in [3.05, 3.63) is 75.6 Å². The minimum atomic E-state index is -0.855. The standard InChI is InChI=1S/C16H13FN2O3/c1-11-3-2-4-12(9-11)5-8-16(20)18-15-7-6-13(19(21)22)10-14(15)17/h2-10H,1H3,(H,18,20)/b8-5-. The summed E-state index contributed by atoms with van der Waals surface area (Å²) in [6, 6.07) is 10.6. The van der Waals surface area contributed by atoms with Crippen molar-refractivity contribution >= 4 is 23.4 Å². The van der Waals surface area contributed by atoms with Crippen LogP contribution in [0.15, 0.2) is 48.5 Å². The van der Waals surface area contributed by atoms with Crippen LogP contribution in [0.4, 0.5) is 15.8 Å². The van der Waals surface area contributed by atoms with Gasteiger partial charge in [0.1, 0.15) is 0 Å². The number of amides is 1. The van der Waals surface area contributed by atoms with E-state index < -0.39 is 16.6 Å². The van der Waals surface area contributed by atoms with Crippen LogP contribution in [0, 0.1) is 22.9 Å². The summed E-state index contributed by atoms with van der Waals surface area (Å²) in [5.74, 6) is -1.37. The highest BCUT2D eigenvalue weighted by atomic mass is 19.1. The van der Waals surface area contributed by atoms with Gasteiger partial charge in [0.15, 0.2) is 5.82 Å². The lowest BCUT2D eigenvalue weighted by atomic mass is 10.1. The molecule has 22 heavy (non-hydrogen) atoms. The molecule has 0 aliphatic rings. The number of anilines is 1. The monoisotopic (exact) mass is 300 g/mol. The van der Waals surface area contributed by atoms with E-state index in [2.05, 4.69) is 5.32 Å². The Labute approximate surface area is 126 Å². The molecule has 6 heteroatoms. The van der Waals surface area contributed by atoms with Crippen LogP contribution in [0.2, 0.25) is 0 Å². The number of nitrogens with zero attached hydrogens (tertiary/aromatic N) is 1. The van der Waals surface area contributed by atoms with E-state index in [0.29, 0.717) is 0 Å². The molecule has 1 amide bonds. The van der Waals surface area contributed by atoms with Crippen molar-refractivity contribution < 1.29 is 14.1 Å². The number of carbonyl (C=O) groups is 1. The summed E-state index contributed by atoms with van der Waals surface area (Å²) in [6.07, 6.45) is 2.88. The third-order valence-corrected chi connectivity index (χ3v) is 2.89. The lowest BCUT2D eigenvalue weighted by molar-refractivity contribution is -0.385. The molecule has 2 rings (SSSR count). The topological polar surface area (TPSA) is 72.2 Å². The first-order chi connectivity index (χ1) is 10.5. The van der Waals surface area contributed by atoms with Crippen LogP contribution < -0.4 is 5.32 Å². The number of aryl methyl sites for hydroxylation is 1. The van der Waals surface area contributed by atoms with Crippen LogP contribution in [-0.2, 0) is 4.79 Å². The zero-order chi connectivity index (χ0) is 16.1. The minimum Gasteiger partial charge on any atom is -0.320 e. The Morgan fingerprint density at radius 3 is 2.68 bits per heavy atom. The number of nitrogens with one attached hydrogen (secondary N) is 1. The summed E-state index contributed by atoms with van der Waals surface area (Å²) in [6.45, 7) is 1.93. The van der Waals surface area contributed by atoms with Crippen LogP contribution in [0.1, 0.15) is 11.1 Å². The fourth-order valence-corrected chi connectivity index (χ4v) is 1.84. The maximum Gasteiger partial charge on any atom is 0.272 e. The molecule has 0 atom stereocenters. The molecule has 0 bridgehead atoms. The Balaban J connectivity index is 2.07. The first-order valence-corrected chi connectivity index (χ1v) is 6.45. The molecular formula is C16H13FN2O3. The van der Waals surface area contributed by atoms with E-state index in [1.807, 2.05) is 31.2 Å². The van der Waals surface area contributed by atoms with Gasteiger partial charge in [-0.25, -0.2) is 4.39 Å². The zero-order valence-electron chi connectivity index (χ0n) is 11.7. The van der Waals surface area contributed by atoms with Gasteiger partial charge in [0.25, 0.3) is 5.69 Å². The van der Waals surface area contributed by atoms with E-state index in [4.69, 9.17) is 0 Å². The summed E-state index contributed by atoms with van der Waals surface area (Å²) in [5.41, 5.74) is 1.43. The maximum absolute atomic E-state index is 13.6. The van der Waals surface area contributed by atoms with Gasteiger partial charge in [0.2, 0.25) is 5.91 Å². The van der Waals surface area contributed by atoms with Crippen LogP contribution in [0.3, 0.4) is 0 Å². The highest BCUT2D eigenvalue weighted by Gasteiger charge is 2.11. The fourth-order valence-electron chi connectivity index (χ4n) is 1.84. The molecule has 0 aromatic heterocycles. The second kappa shape index (κ2) is 6.62. The fraction of sp³-hybridized carbons (Fsp3) is 0.0625. The van der Waals surface area contributed by atoms with Crippen molar-refractivity contribution in [1.82, 2.24) is 0 Å². The van der Waals surface area contributed by atoms with Gasteiger partial charge in [-0.15, -0.1) is 0 Å². The van der Waals surface area contributed by atoms with Gasteiger partial charge in [-0.05, 0) is 24.6 Å². The largest absolute Gasteiger partial charge is 0.320 e. The van der Waals surface area contributed by atoms with Crippen molar-refractivity contribution in [2.75, 3.05) is 5.32 Å². The number of nitro groups is 1. The third-order valence-electron chi connectivity index (χ3n) is 2.89. The van der Waals surface area contributed by atoms with E-state index in [1.54, 1.807) is 6.08 Å². The highest BCUT2D eigenvalue weighted by molar-refractivity contribution is 6.02. The molecule has 0 aliphatic carbocycles. The van der Waals surface area contributed by atoms with Crippen LogP contribution >= 0.6 is 0 Å². The summed E-state index contributed by atoms with van der Waals surface area (Å²) >= 11 is 0. The third kappa shape index (κ3) is 3.99. The number of carbonyl (C=O) groups excluding carboxylic acids is 1. The molecule has 0 aliphatic heterocycles. The molecule has 2 aromatic carbocycles. The Kier molecular flexibility index (Phi) is 4.63. The molecule has 0 radical (unpaired) electrons. The number of benzene rings is 2. The van der Waals surface area contributed by atoms with Gasteiger partial charge in [-0.2, -0.15) is 0 Å². The number of hydrogen-bond acceptors (Lipinski definition) is 3. The first-order valence-electron chi connectivity index (χ1n) is 6.45. The molecule has 0 saturated heterocycles. The Morgan fingerprint density at radius 1 is 1.27 bits per heavy atom. The number of hydrogen-bond donors (Lipinski definition) is 1. The first kappa shape index (κ1) is 15.4. The molecule has 112 valence electrons. The molecule has 0 fully saturated rings. The zero-order valence-corrected chi connectivity index (χ0v) is 11.7. The predicted molar refractivity (Wildman–Crippen MR) is 81.9 cm³/mol. The second-order valence-electron chi connectivity index (χ2n) is 4.66. The van der Waals surface area contributed by atoms with Gasteiger partial charge in [0, 0.05) is 12.1 Å². The van der Waals surface area contributed by atoms with Crippen LogP contribution in [0.5, 0.6) is 0 Å². The van der Waals surface area contributed by atoms with E-state index in [0.717, 1.165) is 29.3 Å². The smallest absolute Gasteiger partial charge is 0.272 e. The minimum absolute atomic E-state index is 0.107. The Hall–Kier alpha value is -3.02. The van der Waals surface area contributed by atoms with Crippen molar-refractivity contribution in [2.45, 2.75) is 6.92 Å². The number of halogens is 1. The Bertz CT molecular complexity index is 757. The summed E-state index contributed by atoms with van der Waals surface area (Å²) in [7, 11) is 0. The van der Waals surface area contributed by atoms with E-state index in [1.165, 1.54) is 6.08 Å². The molecular weight excluding hydrogens is 287 g/mol. The SMILES string of the molecule is Cc1cccc(/C=C\C(=O)Nc2ccc([N+](=O)[O-])cc2F)c1. The molecule has 0 saturated carbocycles. The van der Waals surface area contributed by atoms with E-state index >= 15 is 0 Å². The van der Waals surface area contributed by atoms with Gasteiger partial charge in [-0.3, -0.25) is 14.9 Å². The number of nitro benzene ring substituents is 1. The number of non-ortho nitro benzene ring substituents is 1. The molecule has 0 heterocycles. The highest BCUT2D eigenvalue weighted by Crippen LogP contribution is 2.20. The van der Waals surface area contributed by atoms with Crippen molar-refractivity contribution in [3.8, 4) is 0 Å². The average molecular weight is 300 g/mol. The van der Waals surface area contributed by atoms with Gasteiger partial charge in [-0.1, -0.05) is 29.8 Å². The van der Waals surface area contributed by atoms with Crippen molar-refractivity contribution in [3.63, 3.8) is 0 Å². The molecule has 0 unspecified atom stereocenters. The summed E-state index contributed by atoms with van der Waals surface area (Å²) < 4.78 is 13.6. The van der Waals surface area contributed by atoms with Gasteiger partial charge >= 0.3 is 0 Å². The molecule has 2 aromatic rings.